The van der Waals surface area contributed by atoms with Gasteiger partial charge in [0.05, 0.1) is 5.69 Å². The van der Waals surface area contributed by atoms with Crippen molar-refractivity contribution in [3.05, 3.63) is 78.3 Å². The molecule has 1 fully saturated rings. The van der Waals surface area contributed by atoms with Gasteiger partial charge in [0, 0.05) is 59.6 Å². The number of carbonyl (C=O) groups is 1. The number of fused-ring (bicyclic) bond motifs is 1. The van der Waals surface area contributed by atoms with Gasteiger partial charge in [0.25, 0.3) is 0 Å². The second kappa shape index (κ2) is 8.93. The molecule has 1 aliphatic heterocycles. The fourth-order valence-corrected chi connectivity index (χ4v) is 4.32. The third-order valence-corrected chi connectivity index (χ3v) is 6.05. The molecule has 0 bridgehead atoms. The monoisotopic (exact) mass is 443 g/mol. The van der Waals surface area contributed by atoms with Crippen LogP contribution in [0.1, 0.15) is 12.8 Å². The van der Waals surface area contributed by atoms with Crippen LogP contribution in [0.25, 0.3) is 22.0 Å². The van der Waals surface area contributed by atoms with Crippen molar-refractivity contribution >= 4 is 39.8 Å². The van der Waals surface area contributed by atoms with Gasteiger partial charge in [0.1, 0.15) is 11.0 Å². The largest absolute Gasteiger partial charge is 0.356 e. The Labute approximate surface area is 191 Å². The molecule has 1 aromatic carbocycles. The Morgan fingerprint density at radius 1 is 1.03 bits per heavy atom. The van der Waals surface area contributed by atoms with Crippen LogP contribution in [0.15, 0.2) is 73.2 Å². The van der Waals surface area contributed by atoms with Gasteiger partial charge in [-0.2, -0.15) is 0 Å². The Kier molecular flexibility index (Phi) is 5.69. The fourth-order valence-electron chi connectivity index (χ4n) is 4.15. The first-order valence-corrected chi connectivity index (χ1v) is 11.0. The van der Waals surface area contributed by atoms with E-state index in [4.69, 9.17) is 16.6 Å². The highest BCUT2D eigenvalue weighted by Crippen LogP contribution is 2.32. The number of amides is 1. The number of benzene rings is 1. The van der Waals surface area contributed by atoms with E-state index < -0.39 is 0 Å². The lowest BCUT2D eigenvalue weighted by atomic mass is 9.95. The van der Waals surface area contributed by atoms with Crippen LogP contribution in [0.3, 0.4) is 0 Å². The first kappa shape index (κ1) is 20.4. The van der Waals surface area contributed by atoms with Crippen molar-refractivity contribution in [2.75, 3.05) is 23.3 Å². The van der Waals surface area contributed by atoms with E-state index in [1.807, 2.05) is 60.8 Å². The van der Waals surface area contributed by atoms with Crippen LogP contribution in [0.4, 0.5) is 11.5 Å². The maximum absolute atomic E-state index is 12.7. The van der Waals surface area contributed by atoms with Crippen LogP contribution in [-0.4, -0.2) is 33.9 Å². The molecule has 0 atom stereocenters. The SMILES string of the molecule is O=C(Nc1ccccc1)C1CCN(c2nc(-c3ccnc(Cl)c3)cc3cnccc23)CC1. The molecule has 160 valence electrons. The lowest BCUT2D eigenvalue weighted by Crippen LogP contribution is -2.38. The van der Waals surface area contributed by atoms with E-state index in [9.17, 15) is 4.79 Å². The molecule has 4 aromatic rings. The molecule has 0 radical (unpaired) electrons. The second-order valence-electron chi connectivity index (χ2n) is 7.91. The van der Waals surface area contributed by atoms with Crippen molar-refractivity contribution in [3.63, 3.8) is 0 Å². The third-order valence-electron chi connectivity index (χ3n) is 5.84. The minimum absolute atomic E-state index is 0.0124. The topological polar surface area (TPSA) is 71.0 Å². The molecular weight excluding hydrogens is 422 g/mol. The third kappa shape index (κ3) is 4.27. The van der Waals surface area contributed by atoms with Crippen molar-refractivity contribution in [2.24, 2.45) is 5.92 Å². The number of carbonyl (C=O) groups excluding carboxylic acids is 1. The van der Waals surface area contributed by atoms with Crippen LogP contribution in [0.2, 0.25) is 5.15 Å². The summed E-state index contributed by atoms with van der Waals surface area (Å²) in [6.07, 6.45) is 6.88. The van der Waals surface area contributed by atoms with Crippen LogP contribution in [0.5, 0.6) is 0 Å². The van der Waals surface area contributed by atoms with Gasteiger partial charge in [-0.05, 0) is 49.2 Å². The summed E-state index contributed by atoms with van der Waals surface area (Å²) in [5, 5.41) is 5.53. The maximum Gasteiger partial charge on any atom is 0.227 e. The number of piperidine rings is 1. The standard InChI is InChI=1S/C25H22ClN5O/c26-23-15-18(6-11-28-23)22-14-19-16-27-10-7-21(19)24(30-22)31-12-8-17(9-13-31)25(32)29-20-4-2-1-3-5-20/h1-7,10-11,14-17H,8-9,12-13H2,(H,29,32). The summed E-state index contributed by atoms with van der Waals surface area (Å²) in [6.45, 7) is 1.52. The van der Waals surface area contributed by atoms with Crippen molar-refractivity contribution in [3.8, 4) is 11.3 Å². The summed E-state index contributed by atoms with van der Waals surface area (Å²) in [7, 11) is 0. The predicted octanol–water partition coefficient (Wildman–Crippen LogP) is 5.20. The quantitative estimate of drug-likeness (QED) is 0.439. The van der Waals surface area contributed by atoms with Crippen LogP contribution >= 0.6 is 11.6 Å². The lowest BCUT2D eigenvalue weighted by Gasteiger charge is -2.33. The van der Waals surface area contributed by atoms with Crippen LogP contribution in [-0.2, 0) is 4.79 Å². The van der Waals surface area contributed by atoms with Crippen molar-refractivity contribution < 1.29 is 4.79 Å². The molecule has 32 heavy (non-hydrogen) atoms. The predicted molar refractivity (Wildman–Crippen MR) is 128 cm³/mol. The zero-order valence-corrected chi connectivity index (χ0v) is 18.2. The molecule has 0 saturated carbocycles. The first-order valence-electron chi connectivity index (χ1n) is 10.6. The molecule has 6 nitrogen and oxygen atoms in total. The molecule has 1 amide bonds. The highest BCUT2D eigenvalue weighted by molar-refractivity contribution is 6.29. The van der Waals surface area contributed by atoms with E-state index in [-0.39, 0.29) is 11.8 Å². The Bertz CT molecular complexity index is 1260. The Morgan fingerprint density at radius 2 is 1.84 bits per heavy atom. The van der Waals surface area contributed by atoms with Gasteiger partial charge < -0.3 is 10.2 Å². The maximum atomic E-state index is 12.7. The van der Waals surface area contributed by atoms with E-state index in [0.29, 0.717) is 5.15 Å². The summed E-state index contributed by atoms with van der Waals surface area (Å²) in [5.41, 5.74) is 2.58. The average molecular weight is 444 g/mol. The molecule has 0 unspecified atom stereocenters. The molecule has 3 aromatic heterocycles. The molecule has 0 aliphatic carbocycles. The Morgan fingerprint density at radius 3 is 2.62 bits per heavy atom. The van der Waals surface area contributed by atoms with E-state index in [1.54, 1.807) is 12.4 Å². The summed E-state index contributed by atoms with van der Waals surface area (Å²) >= 11 is 6.11. The summed E-state index contributed by atoms with van der Waals surface area (Å²) in [6, 6.07) is 17.3. The minimum atomic E-state index is -0.0124. The number of para-hydroxylation sites is 1. The molecule has 0 spiro atoms. The summed E-state index contributed by atoms with van der Waals surface area (Å²) in [4.78, 5) is 28.3. The van der Waals surface area contributed by atoms with Crippen LogP contribution in [0, 0.1) is 5.92 Å². The van der Waals surface area contributed by atoms with E-state index in [0.717, 1.165) is 59.5 Å². The zero-order valence-electron chi connectivity index (χ0n) is 17.4. The van der Waals surface area contributed by atoms with Gasteiger partial charge in [0.15, 0.2) is 0 Å². The number of pyridine rings is 3. The molecule has 1 N–H and O–H groups in total. The zero-order chi connectivity index (χ0) is 21.9. The second-order valence-corrected chi connectivity index (χ2v) is 8.30. The molecule has 4 heterocycles. The molecule has 1 saturated heterocycles. The van der Waals surface area contributed by atoms with Crippen molar-refractivity contribution in [1.29, 1.82) is 0 Å². The first-order chi connectivity index (χ1) is 15.7. The molecule has 7 heteroatoms. The smallest absolute Gasteiger partial charge is 0.227 e. The van der Waals surface area contributed by atoms with Gasteiger partial charge in [-0.3, -0.25) is 9.78 Å². The normalized spacial score (nSPS) is 14.5. The minimum Gasteiger partial charge on any atom is -0.356 e. The van der Waals surface area contributed by atoms with Gasteiger partial charge in [-0.25, -0.2) is 9.97 Å². The summed E-state index contributed by atoms with van der Waals surface area (Å²) in [5.74, 6) is 0.981. The van der Waals surface area contributed by atoms with Gasteiger partial charge >= 0.3 is 0 Å². The van der Waals surface area contributed by atoms with Gasteiger partial charge in [-0.1, -0.05) is 29.8 Å². The number of hydrogen-bond acceptors (Lipinski definition) is 5. The van der Waals surface area contributed by atoms with E-state index in [1.165, 1.54) is 0 Å². The van der Waals surface area contributed by atoms with Gasteiger partial charge in [-0.15, -0.1) is 0 Å². The average Bonchev–Trinajstić information content (AvgIpc) is 2.84. The Balaban J connectivity index is 1.38. The van der Waals surface area contributed by atoms with Crippen LogP contribution < -0.4 is 10.2 Å². The highest BCUT2D eigenvalue weighted by Gasteiger charge is 2.27. The van der Waals surface area contributed by atoms with Gasteiger partial charge in [0.2, 0.25) is 5.91 Å². The number of hydrogen-bond donors (Lipinski definition) is 1. The van der Waals surface area contributed by atoms with Crippen molar-refractivity contribution in [2.45, 2.75) is 12.8 Å². The number of halogens is 1. The number of anilines is 2. The molecular formula is C25H22ClN5O. The Hall–Kier alpha value is -3.51. The van der Waals surface area contributed by atoms with E-state index in [2.05, 4.69) is 20.2 Å². The molecule has 5 rings (SSSR count). The number of aromatic nitrogens is 3. The highest BCUT2D eigenvalue weighted by atomic mass is 35.5. The summed E-state index contributed by atoms with van der Waals surface area (Å²) < 4.78 is 0. The van der Waals surface area contributed by atoms with Crippen molar-refractivity contribution in [1.82, 2.24) is 15.0 Å². The number of rotatable bonds is 4. The van der Waals surface area contributed by atoms with E-state index >= 15 is 0 Å². The lowest BCUT2D eigenvalue weighted by molar-refractivity contribution is -0.120. The molecule has 1 aliphatic rings. The fraction of sp³-hybridized carbons (Fsp3) is 0.200. The number of nitrogens with zero attached hydrogens (tertiary/aromatic N) is 4. The number of nitrogens with one attached hydrogen (secondary N) is 1.